The number of amides is 1. The highest BCUT2D eigenvalue weighted by atomic mass is 16.6. The minimum atomic E-state index is -0.453. The third kappa shape index (κ3) is 5.00. The number of likely N-dealkylation sites (tertiary alicyclic amines) is 1. The number of benzene rings is 1. The van der Waals surface area contributed by atoms with Crippen molar-refractivity contribution >= 4 is 11.6 Å². The summed E-state index contributed by atoms with van der Waals surface area (Å²) in [6, 6.07) is 6.15. The molecule has 160 valence electrons. The topological polar surface area (TPSA) is 124 Å². The van der Waals surface area contributed by atoms with Crippen molar-refractivity contribution in [3.05, 3.63) is 40.3 Å². The summed E-state index contributed by atoms with van der Waals surface area (Å²) in [5, 5.41) is 17.9. The SMILES string of the molecule is O=C(NCC1CCCO1)C1CCN(Cc2nc(-c3cccc([N+](=O)[O-])c3)no2)CC1. The van der Waals surface area contributed by atoms with Crippen LogP contribution >= 0.6 is 0 Å². The summed E-state index contributed by atoms with van der Waals surface area (Å²) in [5.74, 6) is 0.913. The highest BCUT2D eigenvalue weighted by molar-refractivity contribution is 5.78. The van der Waals surface area contributed by atoms with Gasteiger partial charge in [0.1, 0.15) is 0 Å². The van der Waals surface area contributed by atoms with Crippen molar-refractivity contribution in [3.63, 3.8) is 0 Å². The summed E-state index contributed by atoms with van der Waals surface area (Å²) in [6.45, 7) is 3.42. The Labute approximate surface area is 173 Å². The number of hydrogen-bond donors (Lipinski definition) is 1. The second-order valence-corrected chi connectivity index (χ2v) is 7.75. The maximum atomic E-state index is 12.4. The van der Waals surface area contributed by atoms with Gasteiger partial charge in [0.05, 0.1) is 17.6 Å². The molecule has 1 aromatic heterocycles. The van der Waals surface area contributed by atoms with Crippen LogP contribution in [0.15, 0.2) is 28.8 Å². The summed E-state index contributed by atoms with van der Waals surface area (Å²) in [4.78, 5) is 29.4. The number of aromatic nitrogens is 2. The summed E-state index contributed by atoms with van der Waals surface area (Å²) in [7, 11) is 0. The largest absolute Gasteiger partial charge is 0.376 e. The second kappa shape index (κ2) is 9.31. The van der Waals surface area contributed by atoms with Crippen LogP contribution in [-0.2, 0) is 16.1 Å². The molecule has 0 aliphatic carbocycles. The molecular formula is C20H25N5O5. The number of ether oxygens (including phenoxy) is 1. The van der Waals surface area contributed by atoms with Crippen LogP contribution in [0.25, 0.3) is 11.4 Å². The molecule has 1 atom stereocenters. The highest BCUT2D eigenvalue weighted by Crippen LogP contribution is 2.23. The van der Waals surface area contributed by atoms with Crippen molar-refractivity contribution < 1.29 is 19.0 Å². The first-order valence-electron chi connectivity index (χ1n) is 10.3. The normalized spacial score (nSPS) is 20.3. The summed E-state index contributed by atoms with van der Waals surface area (Å²) in [6.07, 6.45) is 3.80. The zero-order valence-corrected chi connectivity index (χ0v) is 16.7. The van der Waals surface area contributed by atoms with Crippen molar-refractivity contribution in [1.82, 2.24) is 20.4 Å². The Morgan fingerprint density at radius 3 is 2.87 bits per heavy atom. The average Bonchev–Trinajstić information content (AvgIpc) is 3.45. The van der Waals surface area contributed by atoms with E-state index in [1.54, 1.807) is 12.1 Å². The number of carbonyl (C=O) groups excluding carboxylic acids is 1. The summed E-state index contributed by atoms with van der Waals surface area (Å²) >= 11 is 0. The van der Waals surface area contributed by atoms with Crippen LogP contribution in [0, 0.1) is 16.0 Å². The lowest BCUT2D eigenvalue weighted by Crippen LogP contribution is -2.42. The molecule has 0 radical (unpaired) electrons. The molecule has 1 aromatic carbocycles. The first kappa shape index (κ1) is 20.4. The number of non-ortho nitro benzene ring substituents is 1. The van der Waals surface area contributed by atoms with E-state index in [2.05, 4.69) is 20.4 Å². The smallest absolute Gasteiger partial charge is 0.270 e. The molecule has 0 bridgehead atoms. The van der Waals surface area contributed by atoms with Crippen molar-refractivity contribution in [2.45, 2.75) is 38.3 Å². The number of nitro groups is 1. The van der Waals surface area contributed by atoms with Crippen LogP contribution in [0.3, 0.4) is 0 Å². The van der Waals surface area contributed by atoms with Gasteiger partial charge in [-0.15, -0.1) is 0 Å². The van der Waals surface area contributed by atoms with Crippen LogP contribution < -0.4 is 5.32 Å². The zero-order chi connectivity index (χ0) is 20.9. The third-order valence-corrected chi connectivity index (χ3v) is 5.63. The number of nitrogens with one attached hydrogen (secondary N) is 1. The number of hydrogen-bond acceptors (Lipinski definition) is 8. The Kier molecular flexibility index (Phi) is 6.34. The van der Waals surface area contributed by atoms with Crippen LogP contribution in [0.5, 0.6) is 0 Å². The maximum Gasteiger partial charge on any atom is 0.270 e. The summed E-state index contributed by atoms with van der Waals surface area (Å²) < 4.78 is 10.9. The first-order valence-corrected chi connectivity index (χ1v) is 10.3. The Hall–Kier alpha value is -2.85. The molecule has 10 nitrogen and oxygen atoms in total. The molecule has 4 rings (SSSR count). The molecule has 1 amide bonds. The molecule has 2 aromatic rings. The lowest BCUT2D eigenvalue weighted by atomic mass is 9.96. The van der Waals surface area contributed by atoms with Crippen LogP contribution in [0.4, 0.5) is 5.69 Å². The minimum Gasteiger partial charge on any atom is -0.376 e. The van der Waals surface area contributed by atoms with Gasteiger partial charge in [0.15, 0.2) is 0 Å². The Bertz CT molecular complexity index is 887. The molecule has 0 spiro atoms. The fourth-order valence-corrected chi connectivity index (χ4v) is 3.90. The lowest BCUT2D eigenvalue weighted by Gasteiger charge is -2.30. The fourth-order valence-electron chi connectivity index (χ4n) is 3.90. The molecule has 0 saturated carbocycles. The average molecular weight is 415 g/mol. The molecule has 10 heteroatoms. The summed E-state index contributed by atoms with van der Waals surface area (Å²) in [5.41, 5.74) is 0.527. The molecule has 1 N–H and O–H groups in total. The van der Waals surface area contributed by atoms with E-state index >= 15 is 0 Å². The Morgan fingerprint density at radius 1 is 1.30 bits per heavy atom. The van der Waals surface area contributed by atoms with Gasteiger partial charge in [-0.3, -0.25) is 19.8 Å². The van der Waals surface area contributed by atoms with E-state index in [0.717, 1.165) is 45.4 Å². The maximum absolute atomic E-state index is 12.4. The van der Waals surface area contributed by atoms with Gasteiger partial charge in [0, 0.05) is 36.8 Å². The third-order valence-electron chi connectivity index (χ3n) is 5.63. The van der Waals surface area contributed by atoms with Crippen molar-refractivity contribution in [3.8, 4) is 11.4 Å². The molecule has 2 aliphatic rings. The quantitative estimate of drug-likeness (QED) is 0.539. The Balaban J connectivity index is 1.26. The van der Waals surface area contributed by atoms with Gasteiger partial charge >= 0.3 is 0 Å². The van der Waals surface area contributed by atoms with Gasteiger partial charge in [0.25, 0.3) is 5.69 Å². The standard InChI is InChI=1S/C20H25N5O5/c26-20(21-12-17-5-2-10-29-17)14-6-8-24(9-7-14)13-18-22-19(23-30-18)15-3-1-4-16(11-15)25(27)28/h1,3-4,11,14,17H,2,5-10,12-13H2,(H,21,26). The molecule has 2 saturated heterocycles. The van der Waals surface area contributed by atoms with Gasteiger partial charge in [-0.2, -0.15) is 4.98 Å². The van der Waals surface area contributed by atoms with E-state index in [1.807, 2.05) is 0 Å². The van der Waals surface area contributed by atoms with E-state index < -0.39 is 4.92 Å². The number of piperidine rings is 1. The molecule has 2 aliphatic heterocycles. The minimum absolute atomic E-state index is 0.0151. The molecule has 1 unspecified atom stereocenters. The molecule has 2 fully saturated rings. The van der Waals surface area contributed by atoms with Crippen molar-refractivity contribution in [1.29, 1.82) is 0 Å². The van der Waals surface area contributed by atoms with E-state index in [9.17, 15) is 14.9 Å². The molecule has 30 heavy (non-hydrogen) atoms. The monoisotopic (exact) mass is 415 g/mol. The van der Waals surface area contributed by atoms with Crippen LogP contribution in [0.1, 0.15) is 31.6 Å². The predicted octanol–water partition coefficient (Wildman–Crippen LogP) is 2.15. The number of nitro benzene ring substituents is 1. The number of rotatable bonds is 7. The van der Waals surface area contributed by atoms with Gasteiger partial charge in [0.2, 0.25) is 17.6 Å². The van der Waals surface area contributed by atoms with Gasteiger partial charge in [-0.25, -0.2) is 0 Å². The van der Waals surface area contributed by atoms with Crippen LogP contribution in [-0.4, -0.2) is 58.2 Å². The number of nitrogens with zero attached hydrogens (tertiary/aromatic N) is 4. The van der Waals surface area contributed by atoms with Crippen LogP contribution in [0.2, 0.25) is 0 Å². The van der Waals surface area contributed by atoms with Gasteiger partial charge < -0.3 is 14.6 Å². The number of carbonyl (C=O) groups is 1. The molecule has 3 heterocycles. The predicted molar refractivity (Wildman–Crippen MR) is 106 cm³/mol. The van der Waals surface area contributed by atoms with Crippen molar-refractivity contribution in [2.24, 2.45) is 5.92 Å². The molecular weight excluding hydrogens is 390 g/mol. The van der Waals surface area contributed by atoms with Crippen molar-refractivity contribution in [2.75, 3.05) is 26.2 Å². The highest BCUT2D eigenvalue weighted by Gasteiger charge is 2.27. The van der Waals surface area contributed by atoms with E-state index in [-0.39, 0.29) is 23.6 Å². The van der Waals surface area contributed by atoms with Gasteiger partial charge in [-0.1, -0.05) is 17.3 Å². The van der Waals surface area contributed by atoms with E-state index in [4.69, 9.17) is 9.26 Å². The van der Waals surface area contributed by atoms with E-state index in [1.165, 1.54) is 12.1 Å². The second-order valence-electron chi connectivity index (χ2n) is 7.75. The van der Waals surface area contributed by atoms with Gasteiger partial charge in [-0.05, 0) is 38.8 Å². The van der Waals surface area contributed by atoms with E-state index in [0.29, 0.717) is 30.4 Å². The fraction of sp³-hybridized carbons (Fsp3) is 0.550. The Morgan fingerprint density at radius 2 is 2.13 bits per heavy atom. The first-order chi connectivity index (χ1) is 14.6. The zero-order valence-electron chi connectivity index (χ0n) is 16.7. The lowest BCUT2D eigenvalue weighted by molar-refractivity contribution is -0.384.